The minimum Gasteiger partial charge on any atom is -0.376 e. The van der Waals surface area contributed by atoms with Crippen molar-refractivity contribution in [3.63, 3.8) is 0 Å². The van der Waals surface area contributed by atoms with Gasteiger partial charge in [-0.3, -0.25) is 5.21 Å². The first-order chi connectivity index (χ1) is 13.6. The van der Waals surface area contributed by atoms with Crippen LogP contribution in [0.1, 0.15) is 27.7 Å². The number of methoxy groups -OCH3 is 2. The summed E-state index contributed by atoms with van der Waals surface area (Å²) in [5.41, 5.74) is 2.91. The standard InChI is InChI=1S/C18H32N2O9/c1-17(2)26-13-11(22-5)9(24-15(13)28-17)7-19-20(21)8-10-12(23-6)14-16(25-10)29-18(3,4)27-14/h9-16,19,21H,7-8H2,1-6H3/t9-,10+,11+,12-,13-,14+,15+,16-/m0/s1. The molecule has 0 unspecified atom stereocenters. The van der Waals surface area contributed by atoms with E-state index >= 15 is 0 Å². The molecule has 0 amide bonds. The van der Waals surface area contributed by atoms with Crippen molar-refractivity contribution in [2.24, 2.45) is 0 Å². The van der Waals surface area contributed by atoms with Crippen LogP contribution in [0.3, 0.4) is 0 Å². The van der Waals surface area contributed by atoms with Crippen molar-refractivity contribution in [3.05, 3.63) is 0 Å². The molecule has 4 heterocycles. The molecular formula is C18H32N2O9. The fourth-order valence-corrected chi connectivity index (χ4v) is 4.41. The number of nitrogens with one attached hydrogen (secondary N) is 1. The minimum absolute atomic E-state index is 0.149. The molecule has 4 aliphatic heterocycles. The fourth-order valence-electron chi connectivity index (χ4n) is 4.41. The minimum atomic E-state index is -0.722. The molecule has 11 heteroatoms. The Morgan fingerprint density at radius 1 is 0.828 bits per heavy atom. The van der Waals surface area contributed by atoms with Crippen LogP contribution >= 0.6 is 0 Å². The van der Waals surface area contributed by atoms with E-state index in [1.165, 1.54) is 0 Å². The van der Waals surface area contributed by atoms with E-state index in [2.05, 4.69) is 5.43 Å². The van der Waals surface area contributed by atoms with Crippen molar-refractivity contribution in [2.75, 3.05) is 27.3 Å². The average molecular weight is 420 g/mol. The molecule has 0 aromatic heterocycles. The first kappa shape index (κ1) is 21.8. The van der Waals surface area contributed by atoms with E-state index < -0.39 is 30.3 Å². The van der Waals surface area contributed by atoms with Crippen LogP contribution in [0.4, 0.5) is 0 Å². The number of hydroxylamine groups is 1. The van der Waals surface area contributed by atoms with Gasteiger partial charge in [0, 0.05) is 20.8 Å². The predicted molar refractivity (Wildman–Crippen MR) is 95.5 cm³/mol. The Kier molecular flexibility index (Phi) is 5.94. The van der Waals surface area contributed by atoms with E-state index in [4.69, 9.17) is 37.9 Å². The van der Waals surface area contributed by atoms with Crippen LogP contribution < -0.4 is 5.43 Å². The van der Waals surface area contributed by atoms with Crippen LogP contribution in [0.5, 0.6) is 0 Å². The summed E-state index contributed by atoms with van der Waals surface area (Å²) in [5, 5.41) is 11.3. The molecule has 0 bridgehead atoms. The fraction of sp³-hybridized carbons (Fsp3) is 1.00. The molecule has 0 saturated carbocycles. The highest BCUT2D eigenvalue weighted by atomic mass is 16.9. The van der Waals surface area contributed by atoms with Crippen molar-refractivity contribution >= 4 is 0 Å². The van der Waals surface area contributed by atoms with Crippen LogP contribution in [0.2, 0.25) is 0 Å². The maximum absolute atomic E-state index is 10.3. The molecule has 0 radical (unpaired) electrons. The van der Waals surface area contributed by atoms with E-state index in [1.54, 1.807) is 14.2 Å². The lowest BCUT2D eigenvalue weighted by molar-refractivity contribution is -0.237. The summed E-state index contributed by atoms with van der Waals surface area (Å²) in [6.45, 7) is 7.77. The highest BCUT2D eigenvalue weighted by molar-refractivity contribution is 4.96. The quantitative estimate of drug-likeness (QED) is 0.542. The van der Waals surface area contributed by atoms with E-state index in [9.17, 15) is 5.21 Å². The van der Waals surface area contributed by atoms with Crippen molar-refractivity contribution in [3.8, 4) is 0 Å². The van der Waals surface area contributed by atoms with Crippen molar-refractivity contribution in [1.29, 1.82) is 0 Å². The second-order valence-electron chi connectivity index (χ2n) is 8.63. The number of ether oxygens (including phenoxy) is 8. The zero-order valence-electron chi connectivity index (χ0n) is 17.7. The molecule has 4 aliphatic rings. The highest BCUT2D eigenvalue weighted by Gasteiger charge is 2.56. The van der Waals surface area contributed by atoms with Crippen LogP contribution in [-0.2, 0) is 37.9 Å². The molecule has 29 heavy (non-hydrogen) atoms. The number of fused-ring (bicyclic) bond motifs is 2. The summed E-state index contributed by atoms with van der Waals surface area (Å²) >= 11 is 0. The Bertz CT molecular complexity index is 592. The lowest BCUT2D eigenvalue weighted by Gasteiger charge is -2.29. The molecule has 8 atom stereocenters. The summed E-state index contributed by atoms with van der Waals surface area (Å²) in [7, 11) is 3.19. The molecule has 0 aromatic carbocycles. The van der Waals surface area contributed by atoms with Crippen molar-refractivity contribution in [1.82, 2.24) is 10.6 Å². The first-order valence-electron chi connectivity index (χ1n) is 9.90. The van der Waals surface area contributed by atoms with Crippen molar-refractivity contribution < 1.29 is 43.1 Å². The Labute approximate surface area is 170 Å². The highest BCUT2D eigenvalue weighted by Crippen LogP contribution is 2.39. The van der Waals surface area contributed by atoms with Gasteiger partial charge in [0.05, 0.1) is 6.54 Å². The second-order valence-corrected chi connectivity index (χ2v) is 8.63. The average Bonchev–Trinajstić information content (AvgIpc) is 3.27. The van der Waals surface area contributed by atoms with Gasteiger partial charge in [0.1, 0.15) is 36.6 Å². The molecule has 168 valence electrons. The predicted octanol–water partition coefficient (Wildman–Crippen LogP) is -0.0350. The van der Waals surface area contributed by atoms with E-state index in [0.29, 0.717) is 6.54 Å². The van der Waals surface area contributed by atoms with Crippen LogP contribution in [0.25, 0.3) is 0 Å². The SMILES string of the molecule is CO[C@@H]1[C@H]2OC(C)(C)O[C@@H]2O[C@@H]1CN(O)NC[C@@H]1O[C@@H]2OC(C)(C)O[C@H]2[C@@H]1OC. The lowest BCUT2D eigenvalue weighted by Crippen LogP contribution is -2.50. The molecule has 4 rings (SSSR count). The second kappa shape index (κ2) is 7.92. The van der Waals surface area contributed by atoms with E-state index in [1.807, 2.05) is 27.7 Å². The van der Waals surface area contributed by atoms with Gasteiger partial charge < -0.3 is 37.9 Å². The molecule has 0 aliphatic carbocycles. The zero-order valence-corrected chi connectivity index (χ0v) is 17.7. The summed E-state index contributed by atoms with van der Waals surface area (Å²) in [5.74, 6) is -1.43. The Morgan fingerprint density at radius 3 is 1.83 bits per heavy atom. The molecule has 0 spiro atoms. The third-order valence-electron chi connectivity index (χ3n) is 5.55. The summed E-state index contributed by atoms with van der Waals surface area (Å²) in [6.07, 6.45) is -3.16. The van der Waals surface area contributed by atoms with Gasteiger partial charge in [0.15, 0.2) is 24.2 Å². The van der Waals surface area contributed by atoms with Gasteiger partial charge >= 0.3 is 0 Å². The van der Waals surface area contributed by atoms with E-state index in [0.717, 1.165) is 5.17 Å². The number of hydrazine groups is 1. The smallest absolute Gasteiger partial charge is 0.190 e. The topological polar surface area (TPSA) is 109 Å². The van der Waals surface area contributed by atoms with E-state index in [-0.39, 0.29) is 37.1 Å². The Hall–Kier alpha value is -0.440. The maximum Gasteiger partial charge on any atom is 0.190 e. The third-order valence-corrected chi connectivity index (χ3v) is 5.55. The number of rotatable bonds is 7. The van der Waals surface area contributed by atoms with Gasteiger partial charge in [-0.15, -0.1) is 5.17 Å². The van der Waals surface area contributed by atoms with Crippen LogP contribution in [0.15, 0.2) is 0 Å². The Morgan fingerprint density at radius 2 is 1.31 bits per heavy atom. The summed E-state index contributed by atoms with van der Waals surface area (Å²) < 4.78 is 46.1. The van der Waals surface area contributed by atoms with Gasteiger partial charge in [0.25, 0.3) is 0 Å². The zero-order chi connectivity index (χ0) is 21.0. The third kappa shape index (κ3) is 4.32. The first-order valence-corrected chi connectivity index (χ1v) is 9.90. The molecule has 11 nitrogen and oxygen atoms in total. The summed E-state index contributed by atoms with van der Waals surface area (Å²) in [4.78, 5) is 0. The molecule has 4 fully saturated rings. The lowest BCUT2D eigenvalue weighted by atomic mass is 10.1. The largest absolute Gasteiger partial charge is 0.376 e. The van der Waals surface area contributed by atoms with Gasteiger partial charge in [-0.1, -0.05) is 0 Å². The molecular weight excluding hydrogens is 388 g/mol. The van der Waals surface area contributed by atoms with Crippen molar-refractivity contribution in [2.45, 2.75) is 88.5 Å². The number of hydrogen-bond donors (Lipinski definition) is 2. The monoisotopic (exact) mass is 420 g/mol. The van der Waals surface area contributed by atoms with Crippen LogP contribution in [0, 0.1) is 0 Å². The normalized spacial score (nSPS) is 45.1. The molecule has 4 saturated heterocycles. The van der Waals surface area contributed by atoms with Crippen LogP contribution in [-0.4, -0.2) is 98.5 Å². The molecule has 2 N–H and O–H groups in total. The molecule has 0 aromatic rings. The Balaban J connectivity index is 1.27. The number of nitrogens with zero attached hydrogens (tertiary/aromatic N) is 1. The van der Waals surface area contributed by atoms with Gasteiger partial charge in [0.2, 0.25) is 0 Å². The van der Waals surface area contributed by atoms with Gasteiger partial charge in [-0.25, -0.2) is 5.43 Å². The van der Waals surface area contributed by atoms with Gasteiger partial charge in [-0.05, 0) is 27.7 Å². The maximum atomic E-state index is 10.3. The summed E-state index contributed by atoms with van der Waals surface area (Å²) in [6, 6.07) is 0. The van der Waals surface area contributed by atoms with Gasteiger partial charge in [-0.2, -0.15) is 0 Å². The number of hydrogen-bond acceptors (Lipinski definition) is 11.